The quantitative estimate of drug-likeness (QED) is 0.199. The Labute approximate surface area is 300 Å². The first-order valence-electron chi connectivity index (χ1n) is 15.3. The van der Waals surface area contributed by atoms with Gasteiger partial charge in [-0.25, -0.2) is 0 Å². The molecule has 4 heterocycles. The molecule has 50 heavy (non-hydrogen) atoms. The van der Waals surface area contributed by atoms with Crippen LogP contribution in [-0.4, -0.2) is 104 Å². The summed E-state index contributed by atoms with van der Waals surface area (Å²) in [4.78, 5) is 60.0. The van der Waals surface area contributed by atoms with Crippen molar-refractivity contribution in [3.8, 4) is 0 Å². The molecule has 2 aliphatic heterocycles. The normalized spacial score (nSPS) is 20.8. The van der Waals surface area contributed by atoms with Gasteiger partial charge in [-0.15, -0.1) is 0 Å². The minimum Gasteiger partial charge on any atom is -0.387 e. The van der Waals surface area contributed by atoms with E-state index in [9.17, 15) is 37.7 Å². The molecule has 20 heteroatoms. The molecule has 0 aliphatic carbocycles. The maximum absolute atomic E-state index is 13.9. The van der Waals surface area contributed by atoms with Crippen LogP contribution in [0.5, 0.6) is 0 Å². The molecule has 268 valence electrons. The predicted octanol–water partition coefficient (Wildman–Crippen LogP) is 4.90. The van der Waals surface area contributed by atoms with Gasteiger partial charge in [0.2, 0.25) is 5.91 Å². The zero-order valence-corrected chi connectivity index (χ0v) is 30.0. The molecule has 2 saturated heterocycles. The van der Waals surface area contributed by atoms with Gasteiger partial charge in [-0.3, -0.25) is 34.2 Å². The highest BCUT2D eigenvalue weighted by Crippen LogP contribution is 2.36. The van der Waals surface area contributed by atoms with Crippen LogP contribution in [0.1, 0.15) is 41.0 Å². The van der Waals surface area contributed by atoms with Gasteiger partial charge in [0.25, 0.3) is 17.5 Å². The number of morpholine rings is 1. The lowest BCUT2D eigenvalue weighted by molar-refractivity contribution is -0.384. The first kappa shape index (κ1) is 37.0. The van der Waals surface area contributed by atoms with Gasteiger partial charge in [0.05, 0.1) is 38.4 Å². The highest BCUT2D eigenvalue weighted by Gasteiger charge is 2.42. The minimum atomic E-state index is -4.57. The molecule has 5 rings (SSSR count). The highest BCUT2D eigenvalue weighted by atomic mass is 79.9. The number of rotatable bonds is 9. The number of benzene rings is 1. The van der Waals surface area contributed by atoms with Crippen LogP contribution in [0.4, 0.5) is 36.1 Å². The number of nitrogens with one attached hydrogen (secondary N) is 3. The molecule has 0 saturated carbocycles. The van der Waals surface area contributed by atoms with Crippen molar-refractivity contribution in [1.29, 1.82) is 0 Å². The number of amides is 3. The van der Waals surface area contributed by atoms with Crippen molar-refractivity contribution in [2.45, 2.75) is 57.3 Å². The summed E-state index contributed by atoms with van der Waals surface area (Å²) in [6.07, 6.45) is -1.34. The van der Waals surface area contributed by atoms with Crippen molar-refractivity contribution < 1.29 is 37.2 Å². The Balaban J connectivity index is 1.48. The SMILES string of the molecule is CNc1cncc(C(=O)N2C[C@H](Nc3c(C(=O)N4C[C@@H](C)O[C@@H](C)C4)cc(Br)cc3[N+](=O)[O-])C[C@H]2C(=O)Nc2nn(CC(F)(F)F)cc2Br)c1. The molecule has 3 amide bonds. The summed E-state index contributed by atoms with van der Waals surface area (Å²) < 4.78 is 45.7. The summed E-state index contributed by atoms with van der Waals surface area (Å²) in [6.45, 7) is 2.60. The molecular formula is C30H32Br2F3N9O6. The summed E-state index contributed by atoms with van der Waals surface area (Å²) in [5.41, 5.74) is 0.147. The number of nitro benzene ring substituents is 1. The summed E-state index contributed by atoms with van der Waals surface area (Å²) in [5.74, 6) is -2.05. The summed E-state index contributed by atoms with van der Waals surface area (Å²) in [6, 6.07) is 2.23. The van der Waals surface area contributed by atoms with E-state index in [0.717, 1.165) is 6.20 Å². The van der Waals surface area contributed by atoms with Crippen molar-refractivity contribution in [1.82, 2.24) is 24.6 Å². The van der Waals surface area contributed by atoms with Crippen LogP contribution in [0.2, 0.25) is 0 Å². The number of aromatic nitrogens is 3. The van der Waals surface area contributed by atoms with Crippen LogP contribution < -0.4 is 16.0 Å². The zero-order valence-electron chi connectivity index (χ0n) is 26.8. The monoisotopic (exact) mass is 829 g/mol. The van der Waals surface area contributed by atoms with Gasteiger partial charge in [0.1, 0.15) is 18.3 Å². The molecule has 0 bridgehead atoms. The van der Waals surface area contributed by atoms with E-state index in [1.54, 1.807) is 11.9 Å². The third-order valence-electron chi connectivity index (χ3n) is 8.00. The molecule has 0 radical (unpaired) electrons. The molecule has 3 N–H and O–H groups in total. The smallest absolute Gasteiger partial charge is 0.387 e. The number of likely N-dealkylation sites (tertiary alicyclic amines) is 1. The van der Waals surface area contributed by atoms with Gasteiger partial charge in [0, 0.05) is 61.9 Å². The molecule has 15 nitrogen and oxygen atoms in total. The Bertz CT molecular complexity index is 1800. The lowest BCUT2D eigenvalue weighted by atomic mass is 10.1. The van der Waals surface area contributed by atoms with Crippen molar-refractivity contribution >= 4 is 72.5 Å². The van der Waals surface area contributed by atoms with Crippen molar-refractivity contribution in [3.05, 3.63) is 67.0 Å². The Hall–Kier alpha value is -4.30. The Morgan fingerprint density at radius 1 is 1.08 bits per heavy atom. The first-order chi connectivity index (χ1) is 23.5. The Morgan fingerprint density at radius 2 is 1.78 bits per heavy atom. The topological polar surface area (TPSA) is 177 Å². The van der Waals surface area contributed by atoms with Crippen LogP contribution in [0.3, 0.4) is 0 Å². The average Bonchev–Trinajstić information content (AvgIpc) is 3.61. The van der Waals surface area contributed by atoms with Crippen LogP contribution >= 0.6 is 31.9 Å². The van der Waals surface area contributed by atoms with E-state index in [1.807, 2.05) is 13.8 Å². The van der Waals surface area contributed by atoms with Crippen LogP contribution in [0.25, 0.3) is 0 Å². The Kier molecular flexibility index (Phi) is 11.0. The number of hydrogen-bond donors (Lipinski definition) is 3. The number of alkyl halides is 3. The second-order valence-electron chi connectivity index (χ2n) is 12.0. The van der Waals surface area contributed by atoms with Gasteiger partial charge in [0.15, 0.2) is 5.82 Å². The van der Waals surface area contributed by atoms with Crippen LogP contribution in [-0.2, 0) is 16.1 Å². The minimum absolute atomic E-state index is 0.00297. The highest BCUT2D eigenvalue weighted by molar-refractivity contribution is 9.10. The van der Waals surface area contributed by atoms with E-state index in [2.05, 4.69) is 57.9 Å². The lowest BCUT2D eigenvalue weighted by Gasteiger charge is -2.35. The second kappa shape index (κ2) is 14.9. The molecule has 0 spiro atoms. The molecular weight excluding hydrogens is 799 g/mol. The summed E-state index contributed by atoms with van der Waals surface area (Å²) in [7, 11) is 1.63. The molecule has 4 atom stereocenters. The predicted molar refractivity (Wildman–Crippen MR) is 182 cm³/mol. The van der Waals surface area contributed by atoms with E-state index < -0.39 is 53.1 Å². The van der Waals surface area contributed by atoms with E-state index >= 15 is 0 Å². The lowest BCUT2D eigenvalue weighted by Crippen LogP contribution is -2.48. The number of carbonyl (C=O) groups is 3. The van der Waals surface area contributed by atoms with Gasteiger partial charge in [-0.1, -0.05) is 15.9 Å². The largest absolute Gasteiger partial charge is 0.408 e. The van der Waals surface area contributed by atoms with E-state index in [-0.39, 0.29) is 65.4 Å². The fourth-order valence-electron chi connectivity index (χ4n) is 5.99. The molecule has 2 fully saturated rings. The molecule has 1 aromatic carbocycles. The first-order valence-corrected chi connectivity index (χ1v) is 16.8. The number of halogens is 5. The van der Waals surface area contributed by atoms with Gasteiger partial charge >= 0.3 is 6.18 Å². The second-order valence-corrected chi connectivity index (χ2v) is 13.7. The van der Waals surface area contributed by atoms with E-state index in [1.165, 1.54) is 35.5 Å². The zero-order chi connectivity index (χ0) is 36.5. The average molecular weight is 831 g/mol. The number of nitro groups is 1. The van der Waals surface area contributed by atoms with E-state index in [0.29, 0.717) is 14.8 Å². The molecule has 3 aromatic rings. The van der Waals surface area contributed by atoms with E-state index in [4.69, 9.17) is 4.74 Å². The maximum Gasteiger partial charge on any atom is 0.408 e. The number of nitrogens with zero attached hydrogens (tertiary/aromatic N) is 6. The van der Waals surface area contributed by atoms with Crippen molar-refractivity contribution in [3.63, 3.8) is 0 Å². The molecule has 0 unspecified atom stereocenters. The van der Waals surface area contributed by atoms with Gasteiger partial charge in [-0.05, 0) is 48.3 Å². The summed E-state index contributed by atoms with van der Waals surface area (Å²) in [5, 5.41) is 24.6. The number of anilines is 3. The third-order valence-corrected chi connectivity index (χ3v) is 9.04. The number of hydrogen-bond acceptors (Lipinski definition) is 10. The fraction of sp³-hybridized carbons (Fsp3) is 0.433. The van der Waals surface area contributed by atoms with Crippen LogP contribution in [0, 0.1) is 10.1 Å². The number of pyridine rings is 1. The summed E-state index contributed by atoms with van der Waals surface area (Å²) >= 11 is 6.39. The molecule has 2 aliphatic rings. The third kappa shape index (κ3) is 8.52. The Morgan fingerprint density at radius 3 is 2.42 bits per heavy atom. The standard InChI is InChI=1S/C30H32Br2F3N9O6/c1-15-10-41(11-16(2)50-15)29(47)21-5-18(31)6-23(44(48)49)25(21)38-20-7-24(43(12-20)28(46)17-4-19(36-3)9-37-8-17)27(45)39-26-22(32)13-42(40-26)14-30(33,34)35/h4-6,8-9,13,15-16,20,24,36,38H,7,10-12,14H2,1-3H3,(H,39,40,45)/t15-,16+,20-,24+/m1/s1. The van der Waals surface area contributed by atoms with Gasteiger partial charge < -0.3 is 30.5 Å². The van der Waals surface area contributed by atoms with Crippen LogP contribution in [0.15, 0.2) is 45.7 Å². The number of ether oxygens (including phenoxy) is 1. The fourth-order valence-corrected chi connectivity index (χ4v) is 6.85. The maximum atomic E-state index is 13.9. The van der Waals surface area contributed by atoms with Crippen molar-refractivity contribution in [2.75, 3.05) is 42.6 Å². The van der Waals surface area contributed by atoms with Gasteiger partial charge in [-0.2, -0.15) is 18.3 Å². The van der Waals surface area contributed by atoms with Crippen molar-refractivity contribution in [2.24, 2.45) is 0 Å². The number of carbonyl (C=O) groups excluding carboxylic acids is 3. The molecule has 2 aromatic heterocycles.